The fourth-order valence-corrected chi connectivity index (χ4v) is 2.72. The van der Waals surface area contributed by atoms with E-state index in [0.717, 1.165) is 32.1 Å². The molecule has 1 aliphatic heterocycles. The zero-order valence-electron chi connectivity index (χ0n) is 11.9. The maximum atomic E-state index is 9.59. The number of piperidine rings is 1. The summed E-state index contributed by atoms with van der Waals surface area (Å²) in [5, 5.41) is 12.8. The van der Waals surface area contributed by atoms with Crippen molar-refractivity contribution in [3.63, 3.8) is 0 Å². The minimum absolute atomic E-state index is 0.207. The summed E-state index contributed by atoms with van der Waals surface area (Å²) in [7, 11) is 3.61. The molecular weight excluding hydrogens is 240 g/mol. The average Bonchev–Trinajstić information content (AvgIpc) is 2.43. The first-order chi connectivity index (χ1) is 9.22. The lowest BCUT2D eigenvalue weighted by molar-refractivity contribution is 0.176. The maximum absolute atomic E-state index is 9.59. The average molecular weight is 264 g/mol. The molecule has 1 aromatic carbocycles. The Hall–Kier alpha value is -1.26. The van der Waals surface area contributed by atoms with Crippen LogP contribution in [-0.4, -0.2) is 43.8 Å². The van der Waals surface area contributed by atoms with Gasteiger partial charge in [0.2, 0.25) is 0 Å². The first-order valence-electron chi connectivity index (χ1n) is 6.95. The molecular formula is C15H24N2O2. The van der Waals surface area contributed by atoms with Crippen LogP contribution in [0.15, 0.2) is 18.2 Å². The molecule has 2 rings (SSSR count). The molecule has 0 amide bonds. The molecule has 0 spiro atoms. The number of aromatic hydroxyl groups is 1. The number of phenols is 1. The van der Waals surface area contributed by atoms with Gasteiger partial charge in [-0.3, -0.25) is 4.90 Å². The molecule has 0 atom stereocenters. The molecule has 1 aromatic rings. The molecule has 106 valence electrons. The third kappa shape index (κ3) is 3.85. The van der Waals surface area contributed by atoms with Gasteiger partial charge in [-0.2, -0.15) is 0 Å². The van der Waals surface area contributed by atoms with E-state index in [-0.39, 0.29) is 5.75 Å². The number of rotatable bonds is 5. The number of nitrogens with one attached hydrogen (secondary N) is 1. The molecule has 4 heteroatoms. The lowest BCUT2D eigenvalue weighted by Gasteiger charge is -2.31. The lowest BCUT2D eigenvalue weighted by atomic mass is 9.96. The van der Waals surface area contributed by atoms with Crippen LogP contribution in [0.25, 0.3) is 0 Å². The standard InChI is InChI=1S/C15H24N2O2/c1-16-10-12-5-7-17(8-6-12)11-13-3-4-14(18)15(9-13)19-2/h3-4,9,12,16,18H,5-8,10-11H2,1-2H3. The Morgan fingerprint density at radius 3 is 2.74 bits per heavy atom. The van der Waals surface area contributed by atoms with Gasteiger partial charge in [-0.05, 0) is 63.1 Å². The molecule has 2 N–H and O–H groups in total. The molecule has 0 unspecified atom stereocenters. The SMILES string of the molecule is CNCC1CCN(Cc2ccc(O)c(OC)c2)CC1. The maximum Gasteiger partial charge on any atom is 0.160 e. The monoisotopic (exact) mass is 264 g/mol. The van der Waals surface area contributed by atoms with Crippen molar-refractivity contribution in [1.29, 1.82) is 0 Å². The van der Waals surface area contributed by atoms with E-state index in [9.17, 15) is 5.11 Å². The van der Waals surface area contributed by atoms with Gasteiger partial charge in [-0.1, -0.05) is 6.07 Å². The van der Waals surface area contributed by atoms with Gasteiger partial charge < -0.3 is 15.2 Å². The zero-order valence-corrected chi connectivity index (χ0v) is 11.9. The van der Waals surface area contributed by atoms with Gasteiger partial charge >= 0.3 is 0 Å². The smallest absolute Gasteiger partial charge is 0.160 e. The second kappa shape index (κ2) is 6.78. The van der Waals surface area contributed by atoms with Crippen LogP contribution in [0.1, 0.15) is 18.4 Å². The third-order valence-corrected chi connectivity index (χ3v) is 3.85. The highest BCUT2D eigenvalue weighted by molar-refractivity contribution is 5.41. The van der Waals surface area contributed by atoms with E-state index < -0.39 is 0 Å². The Balaban J connectivity index is 1.88. The molecule has 4 nitrogen and oxygen atoms in total. The normalized spacial score (nSPS) is 17.6. The van der Waals surface area contributed by atoms with E-state index in [1.165, 1.54) is 18.4 Å². The second-order valence-corrected chi connectivity index (χ2v) is 5.28. The van der Waals surface area contributed by atoms with Crippen molar-refractivity contribution in [3.8, 4) is 11.5 Å². The minimum atomic E-state index is 0.207. The summed E-state index contributed by atoms with van der Waals surface area (Å²) in [6, 6.07) is 5.61. The quantitative estimate of drug-likeness (QED) is 0.851. The Bertz CT molecular complexity index is 401. The highest BCUT2D eigenvalue weighted by atomic mass is 16.5. The van der Waals surface area contributed by atoms with E-state index in [1.54, 1.807) is 13.2 Å². The van der Waals surface area contributed by atoms with Crippen molar-refractivity contribution >= 4 is 0 Å². The summed E-state index contributed by atoms with van der Waals surface area (Å²) < 4.78 is 5.15. The fraction of sp³-hybridized carbons (Fsp3) is 0.600. The van der Waals surface area contributed by atoms with Gasteiger partial charge in [-0.15, -0.1) is 0 Å². The van der Waals surface area contributed by atoms with Crippen LogP contribution in [0.3, 0.4) is 0 Å². The Morgan fingerprint density at radius 1 is 1.37 bits per heavy atom. The van der Waals surface area contributed by atoms with Gasteiger partial charge in [0.15, 0.2) is 11.5 Å². The largest absolute Gasteiger partial charge is 0.504 e. The zero-order chi connectivity index (χ0) is 13.7. The lowest BCUT2D eigenvalue weighted by Crippen LogP contribution is -2.36. The molecule has 0 aliphatic carbocycles. The molecule has 0 radical (unpaired) electrons. The third-order valence-electron chi connectivity index (χ3n) is 3.85. The van der Waals surface area contributed by atoms with Crippen LogP contribution in [0, 0.1) is 5.92 Å². The van der Waals surface area contributed by atoms with Crippen LogP contribution in [0.2, 0.25) is 0 Å². The summed E-state index contributed by atoms with van der Waals surface area (Å²) in [5.41, 5.74) is 1.20. The van der Waals surface area contributed by atoms with E-state index >= 15 is 0 Å². The molecule has 19 heavy (non-hydrogen) atoms. The first kappa shape index (κ1) is 14.2. The number of ether oxygens (including phenoxy) is 1. The molecule has 0 bridgehead atoms. The van der Waals surface area contributed by atoms with Crippen molar-refractivity contribution in [2.45, 2.75) is 19.4 Å². The molecule has 0 aromatic heterocycles. The van der Waals surface area contributed by atoms with E-state index in [4.69, 9.17) is 4.74 Å². The van der Waals surface area contributed by atoms with Crippen molar-refractivity contribution in [2.75, 3.05) is 33.8 Å². The fourth-order valence-electron chi connectivity index (χ4n) is 2.72. The topological polar surface area (TPSA) is 44.7 Å². The van der Waals surface area contributed by atoms with Crippen LogP contribution >= 0.6 is 0 Å². The summed E-state index contributed by atoms with van der Waals surface area (Å²) in [6.07, 6.45) is 2.52. The highest BCUT2D eigenvalue weighted by Crippen LogP contribution is 2.27. The number of hydrogen-bond acceptors (Lipinski definition) is 4. The number of hydrogen-bond donors (Lipinski definition) is 2. The molecule has 1 heterocycles. The molecule has 1 fully saturated rings. The van der Waals surface area contributed by atoms with Gasteiger partial charge in [0.05, 0.1) is 7.11 Å². The van der Waals surface area contributed by atoms with E-state index in [2.05, 4.69) is 10.2 Å². The van der Waals surface area contributed by atoms with Crippen molar-refractivity contribution < 1.29 is 9.84 Å². The van der Waals surface area contributed by atoms with Gasteiger partial charge in [0.1, 0.15) is 0 Å². The van der Waals surface area contributed by atoms with Crippen molar-refractivity contribution in [3.05, 3.63) is 23.8 Å². The Morgan fingerprint density at radius 2 is 2.11 bits per heavy atom. The molecule has 1 saturated heterocycles. The van der Waals surface area contributed by atoms with Gasteiger partial charge in [0, 0.05) is 6.54 Å². The van der Waals surface area contributed by atoms with Crippen LogP contribution < -0.4 is 10.1 Å². The summed E-state index contributed by atoms with van der Waals surface area (Å²) >= 11 is 0. The summed E-state index contributed by atoms with van der Waals surface area (Å²) in [6.45, 7) is 4.36. The summed E-state index contributed by atoms with van der Waals surface area (Å²) in [4.78, 5) is 2.47. The van der Waals surface area contributed by atoms with Crippen molar-refractivity contribution in [1.82, 2.24) is 10.2 Å². The van der Waals surface area contributed by atoms with Gasteiger partial charge in [-0.25, -0.2) is 0 Å². The van der Waals surface area contributed by atoms with E-state index in [1.807, 2.05) is 19.2 Å². The Kier molecular flexibility index (Phi) is 5.05. The van der Waals surface area contributed by atoms with Crippen molar-refractivity contribution in [2.24, 2.45) is 5.92 Å². The van der Waals surface area contributed by atoms with Gasteiger partial charge in [0.25, 0.3) is 0 Å². The highest BCUT2D eigenvalue weighted by Gasteiger charge is 2.18. The molecule has 1 aliphatic rings. The number of benzene rings is 1. The van der Waals surface area contributed by atoms with E-state index in [0.29, 0.717) is 5.75 Å². The first-order valence-corrected chi connectivity index (χ1v) is 6.95. The second-order valence-electron chi connectivity index (χ2n) is 5.28. The summed E-state index contributed by atoms with van der Waals surface area (Å²) in [5.74, 6) is 1.58. The van der Waals surface area contributed by atoms with Crippen LogP contribution in [0.4, 0.5) is 0 Å². The number of nitrogens with zero attached hydrogens (tertiary/aromatic N) is 1. The predicted molar refractivity (Wildman–Crippen MR) is 76.6 cm³/mol. The molecule has 0 saturated carbocycles. The number of likely N-dealkylation sites (tertiary alicyclic amines) is 1. The number of phenolic OH excluding ortho intramolecular Hbond substituents is 1. The van der Waals surface area contributed by atoms with Crippen LogP contribution in [-0.2, 0) is 6.54 Å². The minimum Gasteiger partial charge on any atom is -0.504 e. The number of methoxy groups -OCH3 is 1. The predicted octanol–water partition coefficient (Wildman–Crippen LogP) is 1.83. The Labute approximate surface area is 115 Å². The van der Waals surface area contributed by atoms with Crippen LogP contribution in [0.5, 0.6) is 11.5 Å².